The van der Waals surface area contributed by atoms with Crippen LogP contribution in [0, 0.1) is 0 Å². The average molecular weight is 902 g/mol. The van der Waals surface area contributed by atoms with Crippen molar-refractivity contribution in [1.82, 2.24) is 0 Å². The molecule has 0 saturated carbocycles. The van der Waals surface area contributed by atoms with Crippen molar-refractivity contribution in [2.75, 3.05) is 33.0 Å². The molecule has 62 heavy (non-hydrogen) atoms. The molecule has 0 aliphatic rings. The molecular formula is C53H108NO7P. The van der Waals surface area contributed by atoms with Crippen LogP contribution in [0.15, 0.2) is 0 Å². The molecule has 0 heterocycles. The molecule has 2 atom stereocenters. The Labute approximate surface area is 386 Å². The fraction of sp³-hybridized carbons (Fsp3) is 0.981. The highest BCUT2D eigenvalue weighted by atomic mass is 31.2. The van der Waals surface area contributed by atoms with Crippen LogP contribution in [0.2, 0.25) is 0 Å². The summed E-state index contributed by atoms with van der Waals surface area (Å²) in [6.45, 7) is 5.00. The van der Waals surface area contributed by atoms with Crippen LogP contribution in [0.4, 0.5) is 0 Å². The maximum absolute atomic E-state index is 12.6. The normalized spacial score (nSPS) is 13.2. The lowest BCUT2D eigenvalue weighted by molar-refractivity contribution is -0.154. The van der Waals surface area contributed by atoms with E-state index in [4.69, 9.17) is 24.3 Å². The van der Waals surface area contributed by atoms with Gasteiger partial charge in [0.15, 0.2) is 0 Å². The van der Waals surface area contributed by atoms with Crippen molar-refractivity contribution in [3.63, 3.8) is 0 Å². The molecule has 0 aliphatic heterocycles. The van der Waals surface area contributed by atoms with Crippen molar-refractivity contribution in [3.8, 4) is 0 Å². The van der Waals surface area contributed by atoms with E-state index >= 15 is 0 Å². The molecule has 0 aromatic heterocycles. The highest BCUT2D eigenvalue weighted by Crippen LogP contribution is 2.43. The molecule has 0 aromatic carbocycles. The summed E-state index contributed by atoms with van der Waals surface area (Å²) in [7, 11) is -4.27. The molecule has 1 unspecified atom stereocenters. The molecule has 8 nitrogen and oxygen atoms in total. The van der Waals surface area contributed by atoms with Gasteiger partial charge in [-0.2, -0.15) is 0 Å². The number of nitrogens with two attached hydrogens (primary N) is 1. The van der Waals surface area contributed by atoms with E-state index in [0.717, 1.165) is 32.1 Å². The van der Waals surface area contributed by atoms with Gasteiger partial charge in [-0.15, -0.1) is 0 Å². The minimum Gasteiger partial charge on any atom is -0.457 e. The Balaban J connectivity index is 3.71. The monoisotopic (exact) mass is 902 g/mol. The van der Waals surface area contributed by atoms with Crippen molar-refractivity contribution in [2.45, 2.75) is 302 Å². The van der Waals surface area contributed by atoms with Gasteiger partial charge in [-0.3, -0.25) is 13.8 Å². The maximum atomic E-state index is 12.6. The van der Waals surface area contributed by atoms with Gasteiger partial charge in [0, 0.05) is 19.6 Å². The number of phosphoric ester groups is 1. The number of carbonyl (C=O) groups excluding carboxylic acids is 1. The number of rotatable bonds is 54. The maximum Gasteiger partial charge on any atom is 0.472 e. The number of esters is 1. The summed E-state index contributed by atoms with van der Waals surface area (Å²) in [4.78, 5) is 22.6. The van der Waals surface area contributed by atoms with Gasteiger partial charge in [-0.25, -0.2) is 4.57 Å². The second-order valence-corrected chi connectivity index (χ2v) is 20.3. The first-order chi connectivity index (χ1) is 30.4. The van der Waals surface area contributed by atoms with Crippen molar-refractivity contribution in [2.24, 2.45) is 5.73 Å². The molecule has 0 aromatic rings. The minimum absolute atomic E-state index is 0.0899. The topological polar surface area (TPSA) is 117 Å². The van der Waals surface area contributed by atoms with Crippen molar-refractivity contribution in [3.05, 3.63) is 0 Å². The van der Waals surface area contributed by atoms with Crippen molar-refractivity contribution < 1.29 is 32.8 Å². The molecule has 0 aliphatic carbocycles. The molecule has 0 fully saturated rings. The van der Waals surface area contributed by atoms with E-state index in [2.05, 4.69) is 13.8 Å². The zero-order chi connectivity index (χ0) is 45.1. The molecule has 9 heteroatoms. The fourth-order valence-corrected chi connectivity index (χ4v) is 9.24. The first kappa shape index (κ1) is 61.5. The van der Waals surface area contributed by atoms with Crippen LogP contribution in [0.25, 0.3) is 0 Å². The average Bonchev–Trinajstić information content (AvgIpc) is 3.26. The van der Waals surface area contributed by atoms with Crippen LogP contribution < -0.4 is 5.73 Å². The van der Waals surface area contributed by atoms with Gasteiger partial charge < -0.3 is 20.1 Å². The van der Waals surface area contributed by atoms with E-state index in [1.165, 1.54) is 244 Å². The van der Waals surface area contributed by atoms with Crippen LogP contribution >= 0.6 is 7.82 Å². The van der Waals surface area contributed by atoms with Gasteiger partial charge >= 0.3 is 13.8 Å². The molecule has 0 bridgehead atoms. The first-order valence-corrected chi connectivity index (χ1v) is 29.0. The van der Waals surface area contributed by atoms with E-state index in [1.54, 1.807) is 0 Å². The Morgan fingerprint density at radius 2 is 0.710 bits per heavy atom. The molecular weight excluding hydrogens is 794 g/mol. The van der Waals surface area contributed by atoms with Crippen LogP contribution in [-0.4, -0.2) is 49.9 Å². The van der Waals surface area contributed by atoms with Crippen LogP contribution in [0.3, 0.4) is 0 Å². The first-order valence-electron chi connectivity index (χ1n) is 27.5. The Bertz CT molecular complexity index is 924. The highest BCUT2D eigenvalue weighted by Gasteiger charge is 2.25. The van der Waals surface area contributed by atoms with Gasteiger partial charge in [0.25, 0.3) is 0 Å². The third kappa shape index (κ3) is 50.5. The van der Waals surface area contributed by atoms with Crippen LogP contribution in [0.1, 0.15) is 296 Å². The summed E-state index contributed by atoms with van der Waals surface area (Å²) >= 11 is 0. The molecule has 3 N–H and O–H groups in total. The highest BCUT2D eigenvalue weighted by molar-refractivity contribution is 7.47. The van der Waals surface area contributed by atoms with E-state index in [-0.39, 0.29) is 32.3 Å². The minimum atomic E-state index is -4.27. The molecule has 0 rings (SSSR count). The fourth-order valence-electron chi connectivity index (χ4n) is 8.47. The lowest BCUT2D eigenvalue weighted by Gasteiger charge is -2.20. The second kappa shape index (κ2) is 51.5. The number of ether oxygens (including phenoxy) is 2. The largest absolute Gasteiger partial charge is 0.472 e. The van der Waals surface area contributed by atoms with E-state index in [1.807, 2.05) is 0 Å². The van der Waals surface area contributed by atoms with Gasteiger partial charge in [0.1, 0.15) is 6.10 Å². The van der Waals surface area contributed by atoms with Gasteiger partial charge in [0.05, 0.1) is 19.8 Å². The third-order valence-corrected chi connectivity index (χ3v) is 13.5. The molecule has 0 amide bonds. The Morgan fingerprint density at radius 3 is 1.02 bits per heavy atom. The molecule has 372 valence electrons. The van der Waals surface area contributed by atoms with Crippen LogP contribution in [-0.2, 0) is 27.9 Å². The lowest BCUT2D eigenvalue weighted by atomic mass is 10.0. The summed E-state index contributed by atoms with van der Waals surface area (Å²) in [5.41, 5.74) is 5.39. The Morgan fingerprint density at radius 1 is 0.419 bits per heavy atom. The SMILES string of the molecule is CCCCCCCCCCCCCCCCCCCCCCCCCCCCCCCCCC(=O)O[C@H](COCCCCCCCCCCCCCC)COP(=O)(O)OCCN. The quantitative estimate of drug-likeness (QED) is 0.0352. The van der Waals surface area contributed by atoms with E-state index < -0.39 is 13.9 Å². The standard InChI is InChI=1S/C53H108NO7P/c1-3-5-7-9-11-13-15-17-18-19-20-21-22-23-24-25-26-27-28-29-30-31-32-33-34-35-36-38-40-42-44-46-53(55)61-52(51-60-62(56,57)59-49-47-54)50-58-48-45-43-41-39-37-16-14-12-10-8-6-4-2/h52H,3-51,54H2,1-2H3,(H,56,57)/t52-/m1/s1. The van der Waals surface area contributed by atoms with Gasteiger partial charge in [0.2, 0.25) is 0 Å². The third-order valence-electron chi connectivity index (χ3n) is 12.5. The summed E-state index contributed by atoms with van der Waals surface area (Å²) in [5.74, 6) is -0.321. The predicted molar refractivity (Wildman–Crippen MR) is 266 cm³/mol. The summed E-state index contributed by atoms with van der Waals surface area (Å²) in [6, 6.07) is 0. The molecule has 0 radical (unpaired) electrons. The lowest BCUT2D eigenvalue weighted by Crippen LogP contribution is -2.28. The Hall–Kier alpha value is -0.500. The second-order valence-electron chi connectivity index (χ2n) is 18.8. The zero-order valence-electron chi connectivity index (χ0n) is 41.6. The van der Waals surface area contributed by atoms with E-state index in [9.17, 15) is 14.3 Å². The number of phosphoric acid groups is 1. The predicted octanol–water partition coefficient (Wildman–Crippen LogP) is 17.2. The number of unbranched alkanes of at least 4 members (excludes halogenated alkanes) is 41. The smallest absolute Gasteiger partial charge is 0.457 e. The van der Waals surface area contributed by atoms with E-state index in [0.29, 0.717) is 13.0 Å². The molecule has 0 spiro atoms. The summed E-state index contributed by atoms with van der Waals surface area (Å²) < 4.78 is 33.5. The summed E-state index contributed by atoms with van der Waals surface area (Å²) in [6.07, 6.45) is 57.4. The number of hydrogen-bond acceptors (Lipinski definition) is 7. The summed E-state index contributed by atoms with van der Waals surface area (Å²) in [5, 5.41) is 0. The van der Waals surface area contributed by atoms with Crippen LogP contribution in [0.5, 0.6) is 0 Å². The number of carbonyl (C=O) groups is 1. The van der Waals surface area contributed by atoms with Crippen molar-refractivity contribution >= 4 is 13.8 Å². The van der Waals surface area contributed by atoms with Gasteiger partial charge in [-0.05, 0) is 12.8 Å². The molecule has 0 saturated heterocycles. The van der Waals surface area contributed by atoms with Crippen molar-refractivity contribution in [1.29, 1.82) is 0 Å². The number of hydrogen-bond donors (Lipinski definition) is 2. The van der Waals surface area contributed by atoms with Gasteiger partial charge in [-0.1, -0.05) is 277 Å². The Kier molecular flexibility index (Phi) is 51.1. The zero-order valence-corrected chi connectivity index (χ0v) is 42.5.